The predicted molar refractivity (Wildman–Crippen MR) is 51.4 cm³/mol. The first-order chi connectivity index (χ1) is 8.28. The minimum Gasteiger partial charge on any atom is -0.390 e. The lowest BCUT2D eigenvalue weighted by atomic mass is 10.1. The van der Waals surface area contributed by atoms with Crippen molar-refractivity contribution in [1.82, 2.24) is 4.98 Å². The van der Waals surface area contributed by atoms with Crippen molar-refractivity contribution < 1.29 is 31.8 Å². The van der Waals surface area contributed by atoms with Crippen molar-refractivity contribution >= 4 is 11.6 Å². The molecule has 1 N–H and O–H groups in total. The van der Waals surface area contributed by atoms with Gasteiger partial charge in [-0.3, -0.25) is 0 Å². The number of hydrogen-bond donors (Lipinski definition) is 1. The molecule has 18 heavy (non-hydrogen) atoms. The van der Waals surface area contributed by atoms with Crippen molar-refractivity contribution in [2.45, 2.75) is 25.3 Å². The number of ether oxygens (including phenoxy) is 1. The van der Waals surface area contributed by atoms with Gasteiger partial charge >= 0.3 is 6.36 Å². The molecule has 0 saturated carbocycles. The molecule has 1 aromatic rings. The number of nitrogens with zero attached hydrogens (tertiary/aromatic N) is 1. The number of aromatic nitrogens is 1. The van der Waals surface area contributed by atoms with E-state index in [1.165, 1.54) is 0 Å². The Morgan fingerprint density at radius 1 is 1.39 bits per heavy atom. The third-order valence-electron chi connectivity index (χ3n) is 1.96. The van der Waals surface area contributed by atoms with E-state index in [1.54, 1.807) is 0 Å². The van der Waals surface area contributed by atoms with Crippen LogP contribution in [0.4, 0.5) is 22.0 Å². The molecule has 1 heterocycles. The minimum absolute atomic E-state index is 0.205. The molecule has 3 nitrogen and oxygen atoms in total. The molecule has 0 aliphatic carbocycles. The minimum atomic E-state index is -5.05. The van der Waals surface area contributed by atoms with Crippen LogP contribution in [0.1, 0.15) is 23.2 Å². The number of aliphatic hydroxyl groups excluding tert-OH is 1. The van der Waals surface area contributed by atoms with Crippen molar-refractivity contribution in [3.05, 3.63) is 22.9 Å². The van der Waals surface area contributed by atoms with Gasteiger partial charge in [0.2, 0.25) is 5.88 Å². The third-order valence-corrected chi connectivity index (χ3v) is 2.23. The fourth-order valence-electron chi connectivity index (χ4n) is 1.27. The highest BCUT2D eigenvalue weighted by Crippen LogP contribution is 2.31. The molecule has 0 radical (unpaired) electrons. The van der Waals surface area contributed by atoms with Gasteiger partial charge in [0.1, 0.15) is 0 Å². The van der Waals surface area contributed by atoms with Crippen LogP contribution in [0.15, 0.2) is 6.07 Å². The Morgan fingerprint density at radius 3 is 2.39 bits per heavy atom. The lowest BCUT2D eigenvalue weighted by Gasteiger charge is -2.14. The molecular weight excluding hydrogens is 285 g/mol. The summed E-state index contributed by atoms with van der Waals surface area (Å²) < 4.78 is 64.6. The van der Waals surface area contributed by atoms with Gasteiger partial charge in [0, 0.05) is 17.5 Å². The van der Waals surface area contributed by atoms with Crippen molar-refractivity contribution in [3.63, 3.8) is 0 Å². The van der Waals surface area contributed by atoms with Gasteiger partial charge in [0.15, 0.2) is 0 Å². The molecule has 0 aromatic carbocycles. The molecule has 1 rings (SSSR count). The van der Waals surface area contributed by atoms with Gasteiger partial charge in [0.05, 0.1) is 12.3 Å². The van der Waals surface area contributed by atoms with Crippen molar-refractivity contribution in [2.75, 3.05) is 0 Å². The summed E-state index contributed by atoms with van der Waals surface area (Å²) in [4.78, 5) is 3.28. The number of alkyl halides is 6. The summed E-state index contributed by atoms with van der Waals surface area (Å²) in [6.45, 7) is -0.823. The number of pyridine rings is 1. The number of aliphatic hydroxyl groups is 1. The van der Waals surface area contributed by atoms with Crippen LogP contribution >= 0.6 is 11.6 Å². The summed E-state index contributed by atoms with van der Waals surface area (Å²) in [7, 11) is 0. The lowest BCUT2D eigenvalue weighted by Crippen LogP contribution is -2.19. The molecule has 1 aromatic heterocycles. The largest absolute Gasteiger partial charge is 0.574 e. The van der Waals surface area contributed by atoms with Crippen LogP contribution in [-0.2, 0) is 12.5 Å². The molecule has 0 atom stereocenters. The van der Waals surface area contributed by atoms with E-state index >= 15 is 0 Å². The number of hydrogen-bond acceptors (Lipinski definition) is 3. The zero-order valence-corrected chi connectivity index (χ0v) is 9.40. The lowest BCUT2D eigenvalue weighted by molar-refractivity contribution is -0.276. The summed E-state index contributed by atoms with van der Waals surface area (Å²) in [6, 6.07) is 0.453. The van der Waals surface area contributed by atoms with Crippen molar-refractivity contribution in [3.8, 4) is 5.88 Å². The maximum absolute atomic E-state index is 12.6. The zero-order valence-electron chi connectivity index (χ0n) is 8.64. The van der Waals surface area contributed by atoms with E-state index in [9.17, 15) is 22.0 Å². The third kappa shape index (κ3) is 3.67. The van der Waals surface area contributed by atoms with Gasteiger partial charge in [-0.05, 0) is 5.56 Å². The van der Waals surface area contributed by atoms with E-state index in [0.29, 0.717) is 6.07 Å². The average Bonchev–Trinajstić information content (AvgIpc) is 2.25. The molecule has 0 unspecified atom stereocenters. The van der Waals surface area contributed by atoms with E-state index in [4.69, 9.17) is 16.7 Å². The summed E-state index contributed by atoms with van der Waals surface area (Å²) >= 11 is 5.40. The summed E-state index contributed by atoms with van der Waals surface area (Å²) in [5.74, 6) is -1.47. The van der Waals surface area contributed by atoms with Gasteiger partial charge in [-0.1, -0.05) is 0 Å². The molecule has 0 fully saturated rings. The summed E-state index contributed by atoms with van der Waals surface area (Å²) in [6.07, 6.45) is -8.11. The monoisotopic (exact) mass is 291 g/mol. The van der Waals surface area contributed by atoms with Crippen LogP contribution in [0.5, 0.6) is 5.88 Å². The van der Waals surface area contributed by atoms with Crippen LogP contribution in [0.3, 0.4) is 0 Å². The quantitative estimate of drug-likeness (QED) is 0.684. The van der Waals surface area contributed by atoms with E-state index < -0.39 is 36.7 Å². The van der Waals surface area contributed by atoms with Crippen LogP contribution in [0.2, 0.25) is 0 Å². The first-order valence-corrected chi connectivity index (χ1v) is 5.05. The number of rotatable bonds is 4. The molecular formula is C9H7ClF5NO2. The van der Waals surface area contributed by atoms with Gasteiger partial charge in [0.25, 0.3) is 6.43 Å². The van der Waals surface area contributed by atoms with Crippen LogP contribution in [0.25, 0.3) is 0 Å². The molecule has 0 amide bonds. The van der Waals surface area contributed by atoms with E-state index in [-0.39, 0.29) is 11.3 Å². The van der Waals surface area contributed by atoms with Crippen LogP contribution in [0, 0.1) is 0 Å². The predicted octanol–water partition coefficient (Wildman–Crippen LogP) is 3.15. The number of halogens is 6. The summed E-state index contributed by atoms with van der Waals surface area (Å²) in [5, 5.41) is 8.88. The Hall–Kier alpha value is -1.15. The highest BCUT2D eigenvalue weighted by Gasteiger charge is 2.33. The Kier molecular flexibility index (Phi) is 4.69. The highest BCUT2D eigenvalue weighted by atomic mass is 35.5. The Labute approximate surface area is 103 Å². The van der Waals surface area contributed by atoms with E-state index in [0.717, 1.165) is 0 Å². The first kappa shape index (κ1) is 14.9. The van der Waals surface area contributed by atoms with E-state index in [2.05, 4.69) is 9.72 Å². The maximum Gasteiger partial charge on any atom is 0.574 e. The fraction of sp³-hybridized carbons (Fsp3) is 0.444. The Bertz CT molecular complexity index is 424. The Balaban J connectivity index is 3.27. The van der Waals surface area contributed by atoms with Gasteiger partial charge in [-0.25, -0.2) is 13.8 Å². The molecule has 0 spiro atoms. The fourth-order valence-corrected chi connectivity index (χ4v) is 1.58. The molecule has 0 aliphatic heterocycles. The first-order valence-electron chi connectivity index (χ1n) is 4.52. The molecule has 102 valence electrons. The smallest absolute Gasteiger partial charge is 0.390 e. The van der Waals surface area contributed by atoms with Gasteiger partial charge in [-0.15, -0.1) is 24.8 Å². The Morgan fingerprint density at radius 2 is 2.00 bits per heavy atom. The standard InChI is InChI=1S/C9H7ClF5NO2/c10-2-5-4(8(11)12)1-7(16-6(5)3-17)18-9(13,14)15/h1,8,17H,2-3H2. The second kappa shape index (κ2) is 5.66. The second-order valence-corrected chi connectivity index (χ2v) is 3.38. The topological polar surface area (TPSA) is 42.4 Å². The van der Waals surface area contributed by atoms with E-state index in [1.807, 2.05) is 0 Å². The van der Waals surface area contributed by atoms with Crippen LogP contribution in [-0.4, -0.2) is 16.5 Å². The van der Waals surface area contributed by atoms with Crippen molar-refractivity contribution in [2.24, 2.45) is 0 Å². The van der Waals surface area contributed by atoms with Gasteiger partial charge < -0.3 is 9.84 Å². The van der Waals surface area contributed by atoms with Gasteiger partial charge in [-0.2, -0.15) is 0 Å². The molecule has 9 heteroatoms. The van der Waals surface area contributed by atoms with Crippen molar-refractivity contribution in [1.29, 1.82) is 0 Å². The summed E-state index contributed by atoms with van der Waals surface area (Å²) in [5.41, 5.74) is -1.32. The molecule has 0 aliphatic rings. The highest BCUT2D eigenvalue weighted by molar-refractivity contribution is 6.17. The molecule has 0 bridgehead atoms. The molecule has 0 saturated heterocycles. The average molecular weight is 292 g/mol. The second-order valence-electron chi connectivity index (χ2n) is 3.12. The van der Waals surface area contributed by atoms with Crippen LogP contribution < -0.4 is 4.74 Å². The zero-order chi connectivity index (χ0) is 13.9. The SMILES string of the molecule is OCc1nc(OC(F)(F)F)cc(C(F)F)c1CCl. The maximum atomic E-state index is 12.6. The normalized spacial score (nSPS) is 12.0.